The highest BCUT2D eigenvalue weighted by atomic mass is 16.5. The Hall–Kier alpha value is -2.01. The summed E-state index contributed by atoms with van der Waals surface area (Å²) < 4.78 is 7.81. The van der Waals surface area contributed by atoms with Crippen molar-refractivity contribution < 1.29 is 4.74 Å². The smallest absolute Gasteiger partial charge is 0.210 e. The fourth-order valence-electron chi connectivity index (χ4n) is 3.14. The van der Waals surface area contributed by atoms with Crippen LogP contribution in [0.25, 0.3) is 0 Å². The lowest BCUT2D eigenvalue weighted by molar-refractivity contribution is 0.413. The van der Waals surface area contributed by atoms with Crippen molar-refractivity contribution in [1.29, 1.82) is 0 Å². The lowest BCUT2D eigenvalue weighted by atomic mass is 10.1. The first-order valence-corrected chi connectivity index (χ1v) is 7.06. The zero-order chi connectivity index (χ0) is 13.5. The highest BCUT2D eigenvalue weighted by Crippen LogP contribution is 2.38. The van der Waals surface area contributed by atoms with Crippen molar-refractivity contribution in [2.24, 2.45) is 0 Å². The molecule has 104 valence electrons. The first-order valence-electron chi connectivity index (χ1n) is 7.06. The van der Waals surface area contributed by atoms with Crippen LogP contribution >= 0.6 is 0 Å². The van der Waals surface area contributed by atoms with Crippen LogP contribution in [0.4, 0.5) is 11.6 Å². The van der Waals surface area contributed by atoms with E-state index in [9.17, 15) is 0 Å². The van der Waals surface area contributed by atoms with Gasteiger partial charge in [-0.05, 0) is 29.7 Å². The fourth-order valence-corrected chi connectivity index (χ4v) is 3.14. The second kappa shape index (κ2) is 4.52. The number of nitrogens with zero attached hydrogens (tertiary/aromatic N) is 3. The molecular weight excluding hydrogens is 252 g/mol. The third-order valence-electron chi connectivity index (χ3n) is 4.14. The van der Waals surface area contributed by atoms with Gasteiger partial charge in [0.1, 0.15) is 5.75 Å². The maximum Gasteiger partial charge on any atom is 0.210 e. The van der Waals surface area contributed by atoms with Crippen LogP contribution in [-0.4, -0.2) is 23.2 Å². The molecule has 5 nitrogen and oxygen atoms in total. The minimum Gasteiger partial charge on any atom is -0.495 e. The standard InChI is InChI=1S/C15H18N4O/c1-20-14-8-12-10-16-9-11(12)7-13(14)19-5-2-4-18-6-3-17-15(18)19/h3,6-8,16H,2,4-5,9-10H2,1H3. The Balaban J connectivity index is 1.83. The lowest BCUT2D eigenvalue weighted by Crippen LogP contribution is -2.28. The molecule has 2 aliphatic heterocycles. The Kier molecular flexibility index (Phi) is 2.67. The Morgan fingerprint density at radius 1 is 1.20 bits per heavy atom. The molecule has 2 aliphatic rings. The summed E-state index contributed by atoms with van der Waals surface area (Å²) in [6.07, 6.45) is 5.04. The summed E-state index contributed by atoms with van der Waals surface area (Å²) >= 11 is 0. The molecule has 0 atom stereocenters. The fraction of sp³-hybridized carbons (Fsp3) is 0.400. The third-order valence-corrected chi connectivity index (χ3v) is 4.14. The number of nitrogens with one attached hydrogen (secondary N) is 1. The number of imidazole rings is 1. The van der Waals surface area contributed by atoms with Crippen molar-refractivity contribution in [2.45, 2.75) is 26.1 Å². The predicted octanol–water partition coefficient (Wildman–Crippen LogP) is 2.04. The number of fused-ring (bicyclic) bond motifs is 2. The minimum absolute atomic E-state index is 0.931. The van der Waals surface area contributed by atoms with Gasteiger partial charge in [-0.25, -0.2) is 4.98 Å². The monoisotopic (exact) mass is 270 g/mol. The highest BCUT2D eigenvalue weighted by Gasteiger charge is 2.24. The molecule has 0 spiro atoms. The van der Waals surface area contributed by atoms with E-state index >= 15 is 0 Å². The Morgan fingerprint density at radius 3 is 2.90 bits per heavy atom. The maximum atomic E-state index is 5.61. The largest absolute Gasteiger partial charge is 0.495 e. The van der Waals surface area contributed by atoms with E-state index in [1.807, 2.05) is 12.4 Å². The number of methoxy groups -OCH3 is 1. The van der Waals surface area contributed by atoms with Gasteiger partial charge in [-0.15, -0.1) is 0 Å². The van der Waals surface area contributed by atoms with E-state index in [-0.39, 0.29) is 0 Å². The van der Waals surface area contributed by atoms with Crippen molar-refractivity contribution in [1.82, 2.24) is 14.9 Å². The van der Waals surface area contributed by atoms with Crippen LogP contribution in [0.1, 0.15) is 17.5 Å². The summed E-state index contributed by atoms with van der Waals surface area (Å²) in [5.41, 5.74) is 3.83. The van der Waals surface area contributed by atoms with Crippen LogP contribution in [0.5, 0.6) is 5.75 Å². The van der Waals surface area contributed by atoms with E-state index < -0.39 is 0 Å². The number of hydrogen-bond acceptors (Lipinski definition) is 4. The Bertz CT molecular complexity index is 649. The zero-order valence-electron chi connectivity index (χ0n) is 11.6. The molecule has 0 fully saturated rings. The SMILES string of the molecule is COc1cc2c(cc1N1CCCn3ccnc31)CNC2. The normalized spacial score (nSPS) is 16.9. The first-order chi connectivity index (χ1) is 9.86. The van der Waals surface area contributed by atoms with Gasteiger partial charge in [0, 0.05) is 38.6 Å². The second-order valence-electron chi connectivity index (χ2n) is 5.32. The maximum absolute atomic E-state index is 5.61. The number of ether oxygens (including phenoxy) is 1. The van der Waals surface area contributed by atoms with E-state index in [2.05, 4.69) is 31.9 Å². The number of anilines is 2. The van der Waals surface area contributed by atoms with Crippen LogP contribution < -0.4 is 15.0 Å². The van der Waals surface area contributed by atoms with E-state index in [1.165, 1.54) is 11.1 Å². The summed E-state index contributed by atoms with van der Waals surface area (Å²) in [4.78, 5) is 6.77. The van der Waals surface area contributed by atoms with Crippen LogP contribution in [0.3, 0.4) is 0 Å². The molecule has 20 heavy (non-hydrogen) atoms. The van der Waals surface area contributed by atoms with Crippen molar-refractivity contribution >= 4 is 11.6 Å². The van der Waals surface area contributed by atoms with E-state index in [4.69, 9.17) is 4.74 Å². The van der Waals surface area contributed by atoms with Gasteiger partial charge in [-0.1, -0.05) is 0 Å². The molecule has 1 aromatic carbocycles. The molecule has 4 rings (SSSR count). The summed E-state index contributed by atoms with van der Waals surface area (Å²) in [5, 5.41) is 3.39. The molecule has 0 unspecified atom stereocenters. The number of hydrogen-bond donors (Lipinski definition) is 1. The molecule has 0 radical (unpaired) electrons. The van der Waals surface area contributed by atoms with Gasteiger partial charge in [0.15, 0.2) is 0 Å². The van der Waals surface area contributed by atoms with Crippen LogP contribution in [0, 0.1) is 0 Å². The Labute approximate surface area is 118 Å². The minimum atomic E-state index is 0.931. The molecule has 1 aromatic heterocycles. The molecule has 5 heteroatoms. The van der Waals surface area contributed by atoms with Gasteiger partial charge in [0.2, 0.25) is 5.95 Å². The highest BCUT2D eigenvalue weighted by molar-refractivity contribution is 5.68. The van der Waals surface area contributed by atoms with Crippen molar-refractivity contribution in [3.63, 3.8) is 0 Å². The number of aryl methyl sites for hydroxylation is 1. The van der Waals surface area contributed by atoms with Crippen molar-refractivity contribution in [3.8, 4) is 5.75 Å². The van der Waals surface area contributed by atoms with Crippen LogP contribution in [0.15, 0.2) is 24.5 Å². The average molecular weight is 270 g/mol. The number of rotatable bonds is 2. The van der Waals surface area contributed by atoms with Gasteiger partial charge in [0.05, 0.1) is 12.8 Å². The molecule has 0 saturated carbocycles. The molecule has 3 heterocycles. The quantitative estimate of drug-likeness (QED) is 0.907. The van der Waals surface area contributed by atoms with Gasteiger partial charge in [-0.3, -0.25) is 0 Å². The summed E-state index contributed by atoms with van der Waals surface area (Å²) in [6.45, 7) is 3.90. The van der Waals surface area contributed by atoms with Crippen LogP contribution in [0.2, 0.25) is 0 Å². The molecule has 2 aromatic rings. The molecule has 0 amide bonds. The predicted molar refractivity (Wildman–Crippen MR) is 77.4 cm³/mol. The van der Waals surface area contributed by atoms with E-state index in [1.54, 1.807) is 7.11 Å². The van der Waals surface area contributed by atoms with E-state index in [0.717, 1.165) is 50.0 Å². The summed E-state index contributed by atoms with van der Waals surface area (Å²) in [6, 6.07) is 4.41. The van der Waals surface area contributed by atoms with Gasteiger partial charge >= 0.3 is 0 Å². The third kappa shape index (κ3) is 1.70. The van der Waals surface area contributed by atoms with Gasteiger partial charge in [0.25, 0.3) is 0 Å². The molecule has 0 aliphatic carbocycles. The Morgan fingerprint density at radius 2 is 2.05 bits per heavy atom. The zero-order valence-corrected chi connectivity index (χ0v) is 11.6. The average Bonchev–Trinajstić information content (AvgIpc) is 3.13. The van der Waals surface area contributed by atoms with Gasteiger partial charge < -0.3 is 19.5 Å². The molecule has 1 N–H and O–H groups in total. The summed E-state index contributed by atoms with van der Waals surface area (Å²) in [7, 11) is 1.74. The topological polar surface area (TPSA) is 42.3 Å². The van der Waals surface area contributed by atoms with Crippen molar-refractivity contribution in [3.05, 3.63) is 35.7 Å². The number of aromatic nitrogens is 2. The van der Waals surface area contributed by atoms with E-state index in [0.29, 0.717) is 0 Å². The van der Waals surface area contributed by atoms with Gasteiger partial charge in [-0.2, -0.15) is 0 Å². The molecule has 0 saturated heterocycles. The summed E-state index contributed by atoms with van der Waals surface area (Å²) in [5.74, 6) is 1.95. The first kappa shape index (κ1) is 11.8. The lowest BCUT2D eigenvalue weighted by Gasteiger charge is -2.30. The second-order valence-corrected chi connectivity index (χ2v) is 5.32. The molecule has 0 bridgehead atoms. The van der Waals surface area contributed by atoms with Crippen LogP contribution in [-0.2, 0) is 19.6 Å². The molecular formula is C15H18N4O. The van der Waals surface area contributed by atoms with Crippen molar-refractivity contribution in [2.75, 3.05) is 18.6 Å². The number of benzene rings is 1.